The second-order valence-electron chi connectivity index (χ2n) is 4.46. The van der Waals surface area contributed by atoms with Crippen molar-refractivity contribution in [1.29, 1.82) is 0 Å². The first-order valence-corrected chi connectivity index (χ1v) is 6.45. The Morgan fingerprint density at radius 1 is 1.24 bits per heavy atom. The number of hydrogen-bond acceptors (Lipinski definition) is 4. The minimum Gasteiger partial charge on any atom is -0.482 e. The summed E-state index contributed by atoms with van der Waals surface area (Å²) in [5.74, 6) is 0.194. The average Bonchev–Trinajstić information content (AvgIpc) is 2.95. The molecule has 1 N–H and O–H groups in total. The zero-order valence-corrected chi connectivity index (χ0v) is 11.2. The van der Waals surface area contributed by atoms with Crippen LogP contribution in [-0.4, -0.2) is 24.5 Å². The maximum atomic E-state index is 12.2. The molecule has 2 rings (SSSR count). The van der Waals surface area contributed by atoms with Crippen LogP contribution in [0.4, 0.5) is 18.9 Å². The van der Waals surface area contributed by atoms with E-state index in [1.165, 1.54) is 6.07 Å². The van der Waals surface area contributed by atoms with Gasteiger partial charge in [0, 0.05) is 12.1 Å². The van der Waals surface area contributed by atoms with Crippen LogP contribution in [0.25, 0.3) is 0 Å². The lowest BCUT2D eigenvalue weighted by Crippen LogP contribution is -2.19. The maximum absolute atomic E-state index is 12.2. The molecule has 1 aromatic carbocycles. The van der Waals surface area contributed by atoms with Crippen LogP contribution in [0.2, 0.25) is 0 Å². The molecule has 0 atom stereocenters. The molecule has 0 spiro atoms. The molecule has 1 heterocycles. The third-order valence-electron chi connectivity index (χ3n) is 2.72. The van der Waals surface area contributed by atoms with Gasteiger partial charge in [0.1, 0.15) is 12.0 Å². The Balaban J connectivity index is 1.82. The number of aromatic nitrogens is 1. The van der Waals surface area contributed by atoms with Crippen molar-refractivity contribution >= 4 is 5.69 Å². The van der Waals surface area contributed by atoms with E-state index in [9.17, 15) is 13.2 Å². The van der Waals surface area contributed by atoms with Crippen LogP contribution < -0.4 is 10.1 Å². The van der Waals surface area contributed by atoms with Gasteiger partial charge in [-0.2, -0.15) is 13.2 Å². The standard InChI is InChI=1S/C14H15F3N2O2/c15-14(16,17)10-20-13-6-2-1-5-12(13)18-7-3-4-11-8-19-21-9-11/h1-2,5-6,8-9,18H,3-4,7,10H2. The van der Waals surface area contributed by atoms with Gasteiger partial charge < -0.3 is 14.6 Å². The van der Waals surface area contributed by atoms with E-state index >= 15 is 0 Å². The van der Waals surface area contributed by atoms with Gasteiger partial charge in [-0.1, -0.05) is 17.3 Å². The largest absolute Gasteiger partial charge is 0.482 e. The Labute approximate surface area is 119 Å². The number of para-hydroxylation sites is 2. The van der Waals surface area contributed by atoms with Crippen molar-refractivity contribution in [3.63, 3.8) is 0 Å². The van der Waals surface area contributed by atoms with Crippen molar-refractivity contribution in [2.45, 2.75) is 19.0 Å². The highest BCUT2D eigenvalue weighted by Gasteiger charge is 2.28. The number of hydrogen-bond donors (Lipinski definition) is 1. The average molecular weight is 300 g/mol. The van der Waals surface area contributed by atoms with E-state index in [1.54, 1.807) is 30.7 Å². The molecule has 4 nitrogen and oxygen atoms in total. The lowest BCUT2D eigenvalue weighted by molar-refractivity contribution is -0.153. The van der Waals surface area contributed by atoms with Gasteiger partial charge in [-0.25, -0.2) is 0 Å². The summed E-state index contributed by atoms with van der Waals surface area (Å²) in [6.07, 6.45) is 0.444. The molecule has 0 saturated heterocycles. The van der Waals surface area contributed by atoms with E-state index in [-0.39, 0.29) is 5.75 Å². The highest BCUT2D eigenvalue weighted by atomic mass is 19.4. The Kier molecular flexibility index (Phi) is 5.08. The first-order valence-electron chi connectivity index (χ1n) is 6.45. The molecule has 0 unspecified atom stereocenters. The number of nitrogens with zero attached hydrogens (tertiary/aromatic N) is 1. The summed E-state index contributed by atoms with van der Waals surface area (Å²) in [5, 5.41) is 6.67. The summed E-state index contributed by atoms with van der Waals surface area (Å²) in [6.45, 7) is -0.691. The third-order valence-corrected chi connectivity index (χ3v) is 2.72. The molecule has 0 fully saturated rings. The Morgan fingerprint density at radius 2 is 2.05 bits per heavy atom. The minimum absolute atomic E-state index is 0.194. The van der Waals surface area contributed by atoms with E-state index in [1.807, 2.05) is 0 Å². The van der Waals surface area contributed by atoms with Crippen LogP contribution in [-0.2, 0) is 6.42 Å². The van der Waals surface area contributed by atoms with E-state index in [4.69, 9.17) is 9.26 Å². The summed E-state index contributed by atoms with van der Waals surface area (Å²) in [7, 11) is 0. The summed E-state index contributed by atoms with van der Waals surface area (Å²) >= 11 is 0. The van der Waals surface area contributed by atoms with Gasteiger partial charge >= 0.3 is 6.18 Å². The molecule has 7 heteroatoms. The number of rotatable bonds is 7. The van der Waals surface area contributed by atoms with Gasteiger partial charge in [-0.05, 0) is 25.0 Å². The van der Waals surface area contributed by atoms with Crippen LogP contribution in [0.1, 0.15) is 12.0 Å². The minimum atomic E-state index is -4.35. The normalized spacial score (nSPS) is 11.4. The van der Waals surface area contributed by atoms with Crippen LogP contribution in [0.5, 0.6) is 5.75 Å². The molecule has 0 saturated carbocycles. The highest BCUT2D eigenvalue weighted by Crippen LogP contribution is 2.26. The fourth-order valence-corrected chi connectivity index (χ4v) is 1.76. The zero-order chi connectivity index (χ0) is 15.1. The Morgan fingerprint density at radius 3 is 2.76 bits per heavy atom. The molecule has 1 aromatic heterocycles. The topological polar surface area (TPSA) is 47.3 Å². The van der Waals surface area contributed by atoms with Gasteiger partial charge in [-0.3, -0.25) is 0 Å². The van der Waals surface area contributed by atoms with Crippen molar-refractivity contribution < 1.29 is 22.4 Å². The first kappa shape index (κ1) is 15.2. The van der Waals surface area contributed by atoms with E-state index in [0.29, 0.717) is 12.2 Å². The van der Waals surface area contributed by atoms with E-state index < -0.39 is 12.8 Å². The fraction of sp³-hybridized carbons (Fsp3) is 0.357. The number of benzene rings is 1. The number of ether oxygens (including phenoxy) is 1. The molecule has 21 heavy (non-hydrogen) atoms. The lowest BCUT2D eigenvalue weighted by atomic mass is 10.2. The summed E-state index contributed by atoms with van der Waals surface area (Å²) < 4.78 is 46.0. The number of halogens is 3. The molecule has 114 valence electrons. The number of aryl methyl sites for hydroxylation is 1. The van der Waals surface area contributed by atoms with Gasteiger partial charge in [0.05, 0.1) is 11.9 Å². The van der Waals surface area contributed by atoms with Crippen LogP contribution in [0.3, 0.4) is 0 Å². The summed E-state index contributed by atoms with van der Waals surface area (Å²) in [4.78, 5) is 0. The van der Waals surface area contributed by atoms with E-state index in [2.05, 4.69) is 10.5 Å². The molecule has 0 amide bonds. The van der Waals surface area contributed by atoms with Crippen molar-refractivity contribution in [2.75, 3.05) is 18.5 Å². The second kappa shape index (κ2) is 7.01. The number of anilines is 1. The van der Waals surface area contributed by atoms with Gasteiger partial charge in [0.25, 0.3) is 0 Å². The Bertz CT molecular complexity index is 541. The second-order valence-corrected chi connectivity index (χ2v) is 4.46. The van der Waals surface area contributed by atoms with Crippen LogP contribution in [0, 0.1) is 0 Å². The third kappa shape index (κ3) is 5.37. The number of alkyl halides is 3. The van der Waals surface area contributed by atoms with Crippen molar-refractivity contribution in [3.8, 4) is 5.75 Å². The molecule has 2 aromatic rings. The SMILES string of the molecule is FC(F)(F)COc1ccccc1NCCCc1cnoc1. The highest BCUT2D eigenvalue weighted by molar-refractivity contribution is 5.56. The maximum Gasteiger partial charge on any atom is 0.422 e. The summed E-state index contributed by atoms with van der Waals surface area (Å²) in [5.41, 5.74) is 1.53. The molecule has 0 bridgehead atoms. The first-order chi connectivity index (χ1) is 10.0. The van der Waals surface area contributed by atoms with Crippen molar-refractivity contribution in [1.82, 2.24) is 5.16 Å². The van der Waals surface area contributed by atoms with Gasteiger partial charge in [-0.15, -0.1) is 0 Å². The molecule has 0 aliphatic carbocycles. The summed E-state index contributed by atoms with van der Waals surface area (Å²) in [6, 6.07) is 6.57. The van der Waals surface area contributed by atoms with Gasteiger partial charge in [0.2, 0.25) is 0 Å². The fourth-order valence-electron chi connectivity index (χ4n) is 1.76. The molecule has 0 radical (unpaired) electrons. The molecular formula is C14H15F3N2O2. The van der Waals surface area contributed by atoms with Gasteiger partial charge in [0.15, 0.2) is 6.61 Å². The lowest BCUT2D eigenvalue weighted by Gasteiger charge is -2.14. The van der Waals surface area contributed by atoms with Crippen molar-refractivity contribution in [3.05, 3.63) is 42.3 Å². The van der Waals surface area contributed by atoms with Crippen molar-refractivity contribution in [2.24, 2.45) is 0 Å². The predicted molar refractivity (Wildman–Crippen MR) is 71.3 cm³/mol. The quantitative estimate of drug-likeness (QED) is 0.793. The monoisotopic (exact) mass is 300 g/mol. The van der Waals surface area contributed by atoms with E-state index in [0.717, 1.165) is 18.4 Å². The zero-order valence-electron chi connectivity index (χ0n) is 11.2. The van der Waals surface area contributed by atoms with Crippen LogP contribution in [0.15, 0.2) is 41.2 Å². The predicted octanol–water partition coefficient (Wildman–Crippen LogP) is 3.66. The molecule has 0 aliphatic heterocycles. The molecular weight excluding hydrogens is 285 g/mol. The molecule has 0 aliphatic rings. The van der Waals surface area contributed by atoms with Crippen LogP contribution >= 0.6 is 0 Å². The Hall–Kier alpha value is -2.18. The number of nitrogens with one attached hydrogen (secondary N) is 1. The smallest absolute Gasteiger partial charge is 0.422 e.